The van der Waals surface area contributed by atoms with E-state index in [-0.39, 0.29) is 6.10 Å². The van der Waals surface area contributed by atoms with Gasteiger partial charge < -0.3 is 9.15 Å². The van der Waals surface area contributed by atoms with Crippen molar-refractivity contribution < 1.29 is 9.15 Å². The SMILES string of the molecule is C=C(c1ccccc1)C1CN=C(c2ccco2)O1. The quantitative estimate of drug-likeness (QED) is 0.824. The van der Waals surface area contributed by atoms with Crippen LogP contribution in [0.1, 0.15) is 11.3 Å². The summed E-state index contributed by atoms with van der Waals surface area (Å²) in [6.45, 7) is 4.68. The van der Waals surface area contributed by atoms with Crippen molar-refractivity contribution in [1.29, 1.82) is 0 Å². The van der Waals surface area contributed by atoms with Crippen molar-refractivity contribution in [2.24, 2.45) is 4.99 Å². The average molecular weight is 239 g/mol. The lowest BCUT2D eigenvalue weighted by Crippen LogP contribution is -2.14. The number of nitrogens with zero attached hydrogens (tertiary/aromatic N) is 1. The molecule has 1 aliphatic rings. The highest BCUT2D eigenvalue weighted by Gasteiger charge is 2.25. The molecule has 1 atom stereocenters. The second-order valence-corrected chi connectivity index (χ2v) is 4.12. The lowest BCUT2D eigenvalue weighted by atomic mass is 10.0. The third-order valence-electron chi connectivity index (χ3n) is 2.92. The molecule has 0 saturated heterocycles. The molecule has 0 fully saturated rings. The van der Waals surface area contributed by atoms with E-state index in [1.54, 1.807) is 6.26 Å². The Labute approximate surface area is 105 Å². The lowest BCUT2D eigenvalue weighted by Gasteiger charge is -2.13. The molecule has 0 amide bonds. The van der Waals surface area contributed by atoms with Crippen molar-refractivity contribution in [3.63, 3.8) is 0 Å². The van der Waals surface area contributed by atoms with Gasteiger partial charge in [0.25, 0.3) is 5.90 Å². The lowest BCUT2D eigenvalue weighted by molar-refractivity contribution is 0.278. The van der Waals surface area contributed by atoms with Crippen molar-refractivity contribution >= 4 is 11.5 Å². The first-order valence-corrected chi connectivity index (χ1v) is 5.84. The summed E-state index contributed by atoms with van der Waals surface area (Å²) >= 11 is 0. The van der Waals surface area contributed by atoms with E-state index in [4.69, 9.17) is 9.15 Å². The van der Waals surface area contributed by atoms with Crippen LogP contribution in [0.2, 0.25) is 0 Å². The first-order valence-electron chi connectivity index (χ1n) is 5.84. The molecule has 3 rings (SSSR count). The first-order chi connectivity index (χ1) is 8.84. The molecular formula is C15H13NO2. The van der Waals surface area contributed by atoms with Gasteiger partial charge >= 0.3 is 0 Å². The zero-order valence-electron chi connectivity index (χ0n) is 9.87. The summed E-state index contributed by atoms with van der Waals surface area (Å²) in [6.07, 6.45) is 1.51. The van der Waals surface area contributed by atoms with E-state index in [0.29, 0.717) is 18.2 Å². The van der Waals surface area contributed by atoms with E-state index in [1.807, 2.05) is 42.5 Å². The molecule has 1 aromatic heterocycles. The number of hydrogen-bond acceptors (Lipinski definition) is 3. The number of benzene rings is 1. The molecule has 0 radical (unpaired) electrons. The molecule has 0 spiro atoms. The van der Waals surface area contributed by atoms with Crippen LogP contribution in [-0.2, 0) is 4.74 Å². The molecule has 1 aromatic carbocycles. The summed E-state index contributed by atoms with van der Waals surface area (Å²) < 4.78 is 11.0. The average Bonchev–Trinajstić information content (AvgIpc) is 3.09. The second kappa shape index (κ2) is 4.53. The normalized spacial score (nSPS) is 18.2. The summed E-state index contributed by atoms with van der Waals surface area (Å²) in [7, 11) is 0. The molecule has 90 valence electrons. The van der Waals surface area contributed by atoms with Gasteiger partial charge in [0.05, 0.1) is 12.8 Å². The Bertz CT molecular complexity index is 570. The highest BCUT2D eigenvalue weighted by atomic mass is 16.5. The van der Waals surface area contributed by atoms with E-state index >= 15 is 0 Å². The van der Waals surface area contributed by atoms with Crippen molar-refractivity contribution in [2.45, 2.75) is 6.10 Å². The van der Waals surface area contributed by atoms with E-state index in [9.17, 15) is 0 Å². The monoisotopic (exact) mass is 239 g/mol. The van der Waals surface area contributed by atoms with Gasteiger partial charge in [-0.2, -0.15) is 0 Å². The minimum atomic E-state index is -0.104. The van der Waals surface area contributed by atoms with Crippen LogP contribution < -0.4 is 0 Å². The zero-order valence-corrected chi connectivity index (χ0v) is 9.87. The summed E-state index contributed by atoms with van der Waals surface area (Å²) in [5.41, 5.74) is 2.03. The van der Waals surface area contributed by atoms with Crippen LogP contribution in [-0.4, -0.2) is 18.5 Å². The van der Waals surface area contributed by atoms with Gasteiger partial charge in [-0.15, -0.1) is 0 Å². The number of hydrogen-bond donors (Lipinski definition) is 0. The van der Waals surface area contributed by atoms with Crippen LogP contribution in [0.4, 0.5) is 0 Å². The van der Waals surface area contributed by atoms with Crippen LogP contribution >= 0.6 is 0 Å². The topological polar surface area (TPSA) is 34.7 Å². The van der Waals surface area contributed by atoms with Crippen molar-refractivity contribution in [3.05, 3.63) is 66.6 Å². The molecule has 2 aromatic rings. The summed E-state index contributed by atoms with van der Waals surface area (Å²) in [5, 5.41) is 0. The number of ether oxygens (including phenoxy) is 1. The molecule has 0 bridgehead atoms. The maximum atomic E-state index is 5.78. The van der Waals surface area contributed by atoms with Gasteiger partial charge in [-0.1, -0.05) is 36.9 Å². The number of rotatable bonds is 3. The fourth-order valence-electron chi connectivity index (χ4n) is 1.93. The van der Waals surface area contributed by atoms with Crippen molar-refractivity contribution in [3.8, 4) is 0 Å². The van der Waals surface area contributed by atoms with Crippen LogP contribution in [0, 0.1) is 0 Å². The molecule has 3 nitrogen and oxygen atoms in total. The third kappa shape index (κ3) is 1.95. The van der Waals surface area contributed by atoms with Gasteiger partial charge in [0.15, 0.2) is 5.76 Å². The Hall–Kier alpha value is -2.29. The Morgan fingerprint density at radius 2 is 2.00 bits per heavy atom. The first kappa shape index (κ1) is 10.8. The van der Waals surface area contributed by atoms with Gasteiger partial charge in [0.1, 0.15) is 6.10 Å². The smallest absolute Gasteiger partial charge is 0.253 e. The van der Waals surface area contributed by atoms with Gasteiger partial charge in [-0.3, -0.25) is 0 Å². The highest BCUT2D eigenvalue weighted by Crippen LogP contribution is 2.24. The molecule has 0 saturated carbocycles. The number of aliphatic imine (C=N–C) groups is 1. The van der Waals surface area contributed by atoms with Crippen molar-refractivity contribution in [2.75, 3.05) is 6.54 Å². The summed E-state index contributed by atoms with van der Waals surface area (Å²) in [4.78, 5) is 4.35. The molecule has 2 heterocycles. The standard InChI is InChI=1S/C15H13NO2/c1-11(12-6-3-2-4-7-12)14-10-16-15(18-14)13-8-5-9-17-13/h2-9,14H,1,10H2. The summed E-state index contributed by atoms with van der Waals surface area (Å²) in [5.74, 6) is 1.22. The van der Waals surface area contributed by atoms with E-state index in [1.165, 1.54) is 0 Å². The van der Waals surface area contributed by atoms with Crippen LogP contribution in [0.5, 0.6) is 0 Å². The van der Waals surface area contributed by atoms with E-state index in [2.05, 4.69) is 11.6 Å². The fourth-order valence-corrected chi connectivity index (χ4v) is 1.93. The van der Waals surface area contributed by atoms with Crippen LogP contribution in [0.25, 0.3) is 5.57 Å². The van der Waals surface area contributed by atoms with Gasteiger partial charge in [0, 0.05) is 0 Å². The zero-order chi connectivity index (χ0) is 12.4. The molecule has 3 heteroatoms. The predicted molar refractivity (Wildman–Crippen MR) is 70.5 cm³/mol. The second-order valence-electron chi connectivity index (χ2n) is 4.12. The fraction of sp³-hybridized carbons (Fsp3) is 0.133. The minimum Gasteiger partial charge on any atom is -0.465 e. The Balaban J connectivity index is 1.73. The molecule has 0 N–H and O–H groups in total. The van der Waals surface area contributed by atoms with Crippen molar-refractivity contribution in [1.82, 2.24) is 0 Å². The van der Waals surface area contributed by atoms with Gasteiger partial charge in [0.2, 0.25) is 0 Å². The highest BCUT2D eigenvalue weighted by molar-refractivity contribution is 5.93. The predicted octanol–water partition coefficient (Wildman–Crippen LogP) is 3.14. The largest absolute Gasteiger partial charge is 0.465 e. The van der Waals surface area contributed by atoms with Gasteiger partial charge in [-0.05, 0) is 23.3 Å². The molecule has 18 heavy (non-hydrogen) atoms. The maximum absolute atomic E-state index is 5.78. The van der Waals surface area contributed by atoms with Gasteiger partial charge in [-0.25, -0.2) is 4.99 Å². The van der Waals surface area contributed by atoms with E-state index < -0.39 is 0 Å². The third-order valence-corrected chi connectivity index (χ3v) is 2.92. The molecule has 1 aliphatic heterocycles. The minimum absolute atomic E-state index is 0.104. The Kier molecular flexibility index (Phi) is 2.73. The maximum Gasteiger partial charge on any atom is 0.253 e. The van der Waals surface area contributed by atoms with Crippen LogP contribution in [0.3, 0.4) is 0 Å². The Morgan fingerprint density at radius 1 is 1.17 bits per heavy atom. The van der Waals surface area contributed by atoms with E-state index in [0.717, 1.165) is 11.1 Å². The number of furan rings is 1. The molecular weight excluding hydrogens is 226 g/mol. The van der Waals surface area contributed by atoms with Crippen LogP contribution in [0.15, 0.2) is 64.7 Å². The molecule has 1 unspecified atom stereocenters. The summed E-state index contributed by atoms with van der Waals surface area (Å²) in [6, 6.07) is 13.7. The molecule has 0 aliphatic carbocycles. The Morgan fingerprint density at radius 3 is 2.72 bits per heavy atom.